The zero-order valence-electron chi connectivity index (χ0n) is 12.4. The van der Waals surface area contributed by atoms with Gasteiger partial charge in [0, 0.05) is 11.0 Å². The summed E-state index contributed by atoms with van der Waals surface area (Å²) in [6.07, 6.45) is 0.996. The number of rotatable bonds is 7. The van der Waals surface area contributed by atoms with Gasteiger partial charge in [-0.15, -0.1) is 0 Å². The highest BCUT2D eigenvalue weighted by atomic mass is 79.9. The fraction of sp³-hybridized carbons (Fsp3) is 0.294. The summed E-state index contributed by atoms with van der Waals surface area (Å²) in [7, 11) is 1.67. The minimum absolute atomic E-state index is 0.699. The number of anilines is 1. The van der Waals surface area contributed by atoms with Crippen LogP contribution in [0.3, 0.4) is 0 Å². The highest BCUT2D eigenvalue weighted by Crippen LogP contribution is 2.27. The molecule has 0 bridgehead atoms. The Morgan fingerprint density at radius 2 is 1.95 bits per heavy atom. The van der Waals surface area contributed by atoms with E-state index in [0.29, 0.717) is 6.54 Å². The molecule has 4 heteroatoms. The zero-order chi connectivity index (χ0) is 15.1. The van der Waals surface area contributed by atoms with Gasteiger partial charge in [0.1, 0.15) is 11.5 Å². The molecular formula is C17H20BrNO2. The molecule has 0 saturated heterocycles. The maximum atomic E-state index is 5.75. The molecule has 0 amide bonds. The number of halogens is 1. The number of nitrogens with one attached hydrogen (secondary N) is 1. The smallest absolute Gasteiger partial charge is 0.142 e. The summed E-state index contributed by atoms with van der Waals surface area (Å²) in [5, 5.41) is 3.42. The van der Waals surface area contributed by atoms with E-state index >= 15 is 0 Å². The molecule has 0 heterocycles. The number of para-hydroxylation sites is 2. The maximum absolute atomic E-state index is 5.75. The van der Waals surface area contributed by atoms with Gasteiger partial charge in [-0.2, -0.15) is 0 Å². The van der Waals surface area contributed by atoms with E-state index in [-0.39, 0.29) is 0 Å². The third kappa shape index (κ3) is 4.39. The molecule has 0 unspecified atom stereocenters. The Bertz CT molecular complexity index is 587. The summed E-state index contributed by atoms with van der Waals surface area (Å²) >= 11 is 3.57. The molecule has 0 aliphatic carbocycles. The lowest BCUT2D eigenvalue weighted by atomic mass is 10.2. The van der Waals surface area contributed by atoms with Crippen LogP contribution in [-0.2, 0) is 6.54 Å². The van der Waals surface area contributed by atoms with Crippen LogP contribution in [0, 0.1) is 0 Å². The molecule has 0 aromatic heterocycles. The normalized spacial score (nSPS) is 10.2. The second kappa shape index (κ2) is 7.93. The van der Waals surface area contributed by atoms with Gasteiger partial charge in [0.15, 0.2) is 0 Å². The SMILES string of the molecule is CCCOc1ccccc1NCc1cc(OC)ccc1Br. The number of methoxy groups -OCH3 is 1. The predicted octanol–water partition coefficient (Wildman–Crippen LogP) is 4.86. The van der Waals surface area contributed by atoms with Crippen molar-refractivity contribution in [2.24, 2.45) is 0 Å². The molecule has 0 fully saturated rings. The summed E-state index contributed by atoms with van der Waals surface area (Å²) in [5.41, 5.74) is 2.14. The first-order chi connectivity index (χ1) is 10.2. The topological polar surface area (TPSA) is 30.5 Å². The molecule has 2 aromatic carbocycles. The van der Waals surface area contributed by atoms with Crippen LogP contribution in [0.1, 0.15) is 18.9 Å². The summed E-state index contributed by atoms with van der Waals surface area (Å²) in [5.74, 6) is 1.74. The Labute approximate surface area is 134 Å². The van der Waals surface area contributed by atoms with E-state index in [9.17, 15) is 0 Å². The lowest BCUT2D eigenvalue weighted by Gasteiger charge is -2.14. The van der Waals surface area contributed by atoms with Gasteiger partial charge in [-0.25, -0.2) is 0 Å². The fourth-order valence-electron chi connectivity index (χ4n) is 1.95. The Morgan fingerprint density at radius 3 is 2.71 bits per heavy atom. The largest absolute Gasteiger partial charge is 0.497 e. The molecule has 0 aliphatic heterocycles. The second-order valence-electron chi connectivity index (χ2n) is 4.66. The summed E-state index contributed by atoms with van der Waals surface area (Å²) in [6.45, 7) is 3.52. The Morgan fingerprint density at radius 1 is 1.14 bits per heavy atom. The van der Waals surface area contributed by atoms with E-state index < -0.39 is 0 Å². The van der Waals surface area contributed by atoms with Crippen molar-refractivity contribution in [2.45, 2.75) is 19.9 Å². The first-order valence-corrected chi connectivity index (χ1v) is 7.82. The van der Waals surface area contributed by atoms with Crippen LogP contribution in [0.4, 0.5) is 5.69 Å². The highest BCUT2D eigenvalue weighted by Gasteiger charge is 2.05. The monoisotopic (exact) mass is 349 g/mol. The first-order valence-electron chi connectivity index (χ1n) is 7.02. The van der Waals surface area contributed by atoms with E-state index in [1.165, 1.54) is 0 Å². The average Bonchev–Trinajstić information content (AvgIpc) is 2.53. The van der Waals surface area contributed by atoms with Crippen molar-refractivity contribution in [1.29, 1.82) is 0 Å². The van der Waals surface area contributed by atoms with Gasteiger partial charge in [0.05, 0.1) is 19.4 Å². The van der Waals surface area contributed by atoms with Crippen molar-refractivity contribution in [3.8, 4) is 11.5 Å². The molecule has 0 aliphatic rings. The van der Waals surface area contributed by atoms with Gasteiger partial charge in [-0.3, -0.25) is 0 Å². The maximum Gasteiger partial charge on any atom is 0.142 e. The summed E-state index contributed by atoms with van der Waals surface area (Å²) < 4.78 is 12.1. The predicted molar refractivity (Wildman–Crippen MR) is 90.2 cm³/mol. The quantitative estimate of drug-likeness (QED) is 0.774. The molecule has 2 aromatic rings. The molecule has 112 valence electrons. The van der Waals surface area contributed by atoms with Gasteiger partial charge >= 0.3 is 0 Å². The summed E-state index contributed by atoms with van der Waals surface area (Å²) in [4.78, 5) is 0. The van der Waals surface area contributed by atoms with E-state index in [0.717, 1.165) is 40.3 Å². The number of benzene rings is 2. The van der Waals surface area contributed by atoms with Crippen molar-refractivity contribution in [3.63, 3.8) is 0 Å². The lowest BCUT2D eigenvalue weighted by Crippen LogP contribution is -2.04. The fourth-order valence-corrected chi connectivity index (χ4v) is 2.34. The van der Waals surface area contributed by atoms with Crippen molar-refractivity contribution >= 4 is 21.6 Å². The van der Waals surface area contributed by atoms with Crippen LogP contribution in [0.5, 0.6) is 11.5 Å². The molecule has 0 spiro atoms. The lowest BCUT2D eigenvalue weighted by molar-refractivity contribution is 0.319. The molecule has 21 heavy (non-hydrogen) atoms. The molecule has 0 radical (unpaired) electrons. The van der Waals surface area contributed by atoms with E-state index in [1.807, 2.05) is 42.5 Å². The standard InChI is InChI=1S/C17H20BrNO2/c1-3-10-21-17-7-5-4-6-16(17)19-12-13-11-14(20-2)8-9-15(13)18/h4-9,11,19H,3,10,12H2,1-2H3. The molecule has 0 saturated carbocycles. The molecular weight excluding hydrogens is 330 g/mol. The van der Waals surface area contributed by atoms with Gasteiger partial charge in [-0.05, 0) is 42.3 Å². The van der Waals surface area contributed by atoms with E-state index in [2.05, 4.69) is 28.2 Å². The highest BCUT2D eigenvalue weighted by molar-refractivity contribution is 9.10. The van der Waals surface area contributed by atoms with Crippen molar-refractivity contribution in [3.05, 3.63) is 52.5 Å². The minimum atomic E-state index is 0.699. The van der Waals surface area contributed by atoms with Crippen LogP contribution in [0.15, 0.2) is 46.9 Å². The molecule has 0 atom stereocenters. The van der Waals surface area contributed by atoms with Crippen LogP contribution < -0.4 is 14.8 Å². The molecule has 3 nitrogen and oxygen atoms in total. The molecule has 1 N–H and O–H groups in total. The second-order valence-corrected chi connectivity index (χ2v) is 5.51. The number of hydrogen-bond donors (Lipinski definition) is 1. The Balaban J connectivity index is 2.09. The van der Waals surface area contributed by atoms with Crippen LogP contribution in [-0.4, -0.2) is 13.7 Å². The van der Waals surface area contributed by atoms with Crippen molar-refractivity contribution in [2.75, 3.05) is 19.0 Å². The van der Waals surface area contributed by atoms with Crippen LogP contribution >= 0.6 is 15.9 Å². The van der Waals surface area contributed by atoms with Crippen LogP contribution in [0.25, 0.3) is 0 Å². The Kier molecular flexibility index (Phi) is 5.93. The third-order valence-corrected chi connectivity index (χ3v) is 3.84. The van der Waals surface area contributed by atoms with E-state index in [4.69, 9.17) is 9.47 Å². The average molecular weight is 350 g/mol. The van der Waals surface area contributed by atoms with Crippen molar-refractivity contribution in [1.82, 2.24) is 0 Å². The summed E-state index contributed by atoms with van der Waals surface area (Å²) in [6, 6.07) is 13.9. The van der Waals surface area contributed by atoms with E-state index in [1.54, 1.807) is 7.11 Å². The van der Waals surface area contributed by atoms with Gasteiger partial charge in [0.2, 0.25) is 0 Å². The Hall–Kier alpha value is -1.68. The van der Waals surface area contributed by atoms with Gasteiger partial charge in [-0.1, -0.05) is 35.0 Å². The minimum Gasteiger partial charge on any atom is -0.497 e. The van der Waals surface area contributed by atoms with Crippen LogP contribution in [0.2, 0.25) is 0 Å². The zero-order valence-corrected chi connectivity index (χ0v) is 13.9. The van der Waals surface area contributed by atoms with Crippen molar-refractivity contribution < 1.29 is 9.47 Å². The first kappa shape index (κ1) is 15.7. The number of hydrogen-bond acceptors (Lipinski definition) is 3. The number of ether oxygens (including phenoxy) is 2. The van der Waals surface area contributed by atoms with Gasteiger partial charge in [0.25, 0.3) is 0 Å². The van der Waals surface area contributed by atoms with Gasteiger partial charge < -0.3 is 14.8 Å². The molecule has 2 rings (SSSR count). The third-order valence-electron chi connectivity index (χ3n) is 3.07.